The van der Waals surface area contributed by atoms with E-state index in [0.717, 1.165) is 0 Å². The predicted octanol–water partition coefficient (Wildman–Crippen LogP) is -0.589. The number of aliphatic carboxylic acids is 1. The van der Waals surface area contributed by atoms with Crippen molar-refractivity contribution in [1.82, 2.24) is 10.6 Å². The molecule has 7 nitrogen and oxygen atoms in total. The van der Waals surface area contributed by atoms with Crippen LogP contribution in [0.4, 0.5) is 0 Å². The topological polar surface area (TPSA) is 122 Å². The van der Waals surface area contributed by atoms with Crippen molar-refractivity contribution in [2.75, 3.05) is 0 Å². The highest BCUT2D eigenvalue weighted by Gasteiger charge is 2.32. The van der Waals surface area contributed by atoms with Gasteiger partial charge in [-0.15, -0.1) is 9.24 Å². The van der Waals surface area contributed by atoms with Crippen LogP contribution in [0.1, 0.15) is 33.6 Å². The maximum absolute atomic E-state index is 11.7. The van der Waals surface area contributed by atoms with Crippen LogP contribution in [-0.2, 0) is 14.4 Å². The van der Waals surface area contributed by atoms with Gasteiger partial charge in [0.05, 0.1) is 0 Å². The lowest BCUT2D eigenvalue weighted by atomic mass is 10.1. The number of amides is 2. The van der Waals surface area contributed by atoms with Crippen LogP contribution >= 0.6 is 9.24 Å². The Labute approximate surface area is 114 Å². The summed E-state index contributed by atoms with van der Waals surface area (Å²) in [6.45, 7) is 4.58. The van der Waals surface area contributed by atoms with Crippen molar-refractivity contribution in [3.8, 4) is 0 Å². The van der Waals surface area contributed by atoms with E-state index in [1.807, 2.05) is 6.92 Å². The minimum atomic E-state index is -1.63. The maximum atomic E-state index is 11.7. The second kappa shape index (κ2) is 7.40. The van der Waals surface area contributed by atoms with Crippen LogP contribution in [0, 0.1) is 0 Å². The quantitative estimate of drug-likeness (QED) is 0.369. The normalized spacial score (nSPS) is 16.9. The molecule has 110 valence electrons. The lowest BCUT2D eigenvalue weighted by molar-refractivity contribution is -0.142. The molecule has 0 aromatic carbocycles. The van der Waals surface area contributed by atoms with Gasteiger partial charge >= 0.3 is 5.97 Å². The van der Waals surface area contributed by atoms with E-state index in [0.29, 0.717) is 6.42 Å². The van der Waals surface area contributed by atoms with Crippen molar-refractivity contribution in [3.63, 3.8) is 0 Å². The van der Waals surface area contributed by atoms with Crippen molar-refractivity contribution in [2.24, 2.45) is 5.73 Å². The summed E-state index contributed by atoms with van der Waals surface area (Å²) >= 11 is 0. The number of carbonyl (C=O) groups is 3. The van der Waals surface area contributed by atoms with E-state index in [2.05, 4.69) is 19.9 Å². The SMILES string of the molecule is CC(P)CCC(=O)N[C@](C)(N)C(=O)N[C@@H](C)C(=O)O. The molecule has 0 bridgehead atoms. The van der Waals surface area contributed by atoms with E-state index >= 15 is 0 Å². The molecule has 0 aromatic rings. The Kier molecular flexibility index (Phi) is 6.94. The molecule has 0 radical (unpaired) electrons. The van der Waals surface area contributed by atoms with E-state index in [1.165, 1.54) is 13.8 Å². The van der Waals surface area contributed by atoms with Crippen molar-refractivity contribution < 1.29 is 19.5 Å². The molecule has 0 saturated carbocycles. The third kappa shape index (κ3) is 7.08. The van der Waals surface area contributed by atoms with E-state index < -0.39 is 23.6 Å². The Balaban J connectivity index is 4.40. The van der Waals surface area contributed by atoms with Crippen molar-refractivity contribution in [2.45, 2.75) is 51.0 Å². The molecular weight excluding hydrogens is 269 g/mol. The number of hydrogen-bond acceptors (Lipinski definition) is 4. The lowest BCUT2D eigenvalue weighted by Crippen LogP contribution is -2.64. The fraction of sp³-hybridized carbons (Fsp3) is 0.727. The molecule has 19 heavy (non-hydrogen) atoms. The standard InChI is InChI=1S/C11H22N3O4P/c1-6(19)4-5-8(15)14-11(3,12)10(18)13-7(2)9(16)17/h6-7H,4-5,12,19H2,1-3H3,(H,13,18)(H,14,15)(H,16,17)/t6?,7-,11-/m0/s1. The first-order chi connectivity index (χ1) is 8.56. The van der Waals surface area contributed by atoms with Gasteiger partial charge in [0.2, 0.25) is 5.91 Å². The molecule has 0 rings (SSSR count). The lowest BCUT2D eigenvalue weighted by Gasteiger charge is -2.26. The van der Waals surface area contributed by atoms with Gasteiger partial charge in [0, 0.05) is 6.42 Å². The Morgan fingerprint density at radius 3 is 2.32 bits per heavy atom. The van der Waals surface area contributed by atoms with Crippen LogP contribution in [0.15, 0.2) is 0 Å². The van der Waals surface area contributed by atoms with E-state index in [1.54, 1.807) is 0 Å². The summed E-state index contributed by atoms with van der Waals surface area (Å²) in [6.07, 6.45) is 0.902. The van der Waals surface area contributed by atoms with Crippen molar-refractivity contribution in [1.29, 1.82) is 0 Å². The first-order valence-electron chi connectivity index (χ1n) is 5.95. The highest BCUT2D eigenvalue weighted by molar-refractivity contribution is 7.17. The zero-order valence-corrected chi connectivity index (χ0v) is 12.6. The van der Waals surface area contributed by atoms with Gasteiger partial charge in [-0.05, 0) is 25.9 Å². The fourth-order valence-electron chi connectivity index (χ4n) is 1.18. The first kappa shape index (κ1) is 17.8. The molecule has 0 fully saturated rings. The van der Waals surface area contributed by atoms with Crippen molar-refractivity contribution in [3.05, 3.63) is 0 Å². The molecule has 0 heterocycles. The molecular formula is C11H22N3O4P. The molecule has 8 heteroatoms. The summed E-state index contributed by atoms with van der Waals surface area (Å²) in [5.41, 5.74) is 4.33. The van der Waals surface area contributed by atoms with Crippen LogP contribution in [-0.4, -0.2) is 40.3 Å². The molecule has 0 aliphatic rings. The van der Waals surface area contributed by atoms with Gasteiger partial charge in [-0.3, -0.25) is 14.4 Å². The second-order valence-electron chi connectivity index (χ2n) is 4.80. The third-order valence-electron chi connectivity index (χ3n) is 2.42. The molecule has 0 aliphatic carbocycles. The Morgan fingerprint density at radius 2 is 1.89 bits per heavy atom. The summed E-state index contributed by atoms with van der Waals surface area (Å²) in [5.74, 6) is -2.26. The minimum absolute atomic E-state index is 0.249. The average molecular weight is 291 g/mol. The minimum Gasteiger partial charge on any atom is -0.480 e. The van der Waals surface area contributed by atoms with Gasteiger partial charge in [0.25, 0.3) is 5.91 Å². The Morgan fingerprint density at radius 1 is 1.37 bits per heavy atom. The highest BCUT2D eigenvalue weighted by Crippen LogP contribution is 2.07. The van der Waals surface area contributed by atoms with Gasteiger partial charge in [0.1, 0.15) is 6.04 Å². The van der Waals surface area contributed by atoms with Crippen LogP contribution in [0.2, 0.25) is 0 Å². The summed E-state index contributed by atoms with van der Waals surface area (Å²) < 4.78 is 0. The number of nitrogens with one attached hydrogen (secondary N) is 2. The molecule has 2 unspecified atom stereocenters. The fourth-order valence-corrected chi connectivity index (χ4v) is 1.34. The second-order valence-corrected chi connectivity index (χ2v) is 5.94. The molecule has 2 amide bonds. The number of hydrogen-bond donors (Lipinski definition) is 4. The highest BCUT2D eigenvalue weighted by atomic mass is 31.0. The molecule has 5 N–H and O–H groups in total. The molecule has 0 saturated heterocycles. The van der Waals surface area contributed by atoms with Crippen LogP contribution in [0.25, 0.3) is 0 Å². The summed E-state index contributed by atoms with van der Waals surface area (Å²) in [4.78, 5) is 33.9. The number of nitrogens with two attached hydrogens (primary N) is 1. The first-order valence-corrected chi connectivity index (χ1v) is 6.62. The maximum Gasteiger partial charge on any atom is 0.325 e. The van der Waals surface area contributed by atoms with Crippen molar-refractivity contribution >= 4 is 27.0 Å². The van der Waals surface area contributed by atoms with Gasteiger partial charge in [-0.1, -0.05) is 6.92 Å². The summed E-state index contributed by atoms with van der Waals surface area (Å²) in [5, 5.41) is 13.3. The van der Waals surface area contributed by atoms with Gasteiger partial charge in [0.15, 0.2) is 5.66 Å². The number of carboxylic acids is 1. The summed E-state index contributed by atoms with van der Waals surface area (Å²) in [7, 11) is 2.57. The third-order valence-corrected chi connectivity index (χ3v) is 2.75. The number of carboxylic acid groups (broad SMARTS) is 1. The molecule has 0 spiro atoms. The van der Waals surface area contributed by atoms with E-state index in [-0.39, 0.29) is 18.0 Å². The zero-order valence-electron chi connectivity index (χ0n) is 11.4. The number of carbonyl (C=O) groups excluding carboxylic acids is 2. The van der Waals surface area contributed by atoms with Crippen LogP contribution in [0.5, 0.6) is 0 Å². The monoisotopic (exact) mass is 291 g/mol. The number of rotatable bonds is 7. The van der Waals surface area contributed by atoms with E-state index in [9.17, 15) is 14.4 Å². The predicted molar refractivity (Wildman–Crippen MR) is 74.4 cm³/mol. The summed E-state index contributed by atoms with van der Waals surface area (Å²) in [6, 6.07) is -1.07. The molecule has 0 aromatic heterocycles. The molecule has 4 atom stereocenters. The smallest absolute Gasteiger partial charge is 0.325 e. The van der Waals surface area contributed by atoms with Gasteiger partial charge < -0.3 is 21.5 Å². The Bertz CT molecular complexity index is 358. The van der Waals surface area contributed by atoms with Crippen LogP contribution < -0.4 is 16.4 Å². The largest absolute Gasteiger partial charge is 0.480 e. The average Bonchev–Trinajstić information content (AvgIpc) is 2.25. The Hall–Kier alpha value is -1.20. The van der Waals surface area contributed by atoms with Crippen LogP contribution in [0.3, 0.4) is 0 Å². The van der Waals surface area contributed by atoms with Gasteiger partial charge in [-0.2, -0.15) is 0 Å². The van der Waals surface area contributed by atoms with E-state index in [4.69, 9.17) is 10.8 Å². The van der Waals surface area contributed by atoms with Gasteiger partial charge in [-0.25, -0.2) is 0 Å². The zero-order chi connectivity index (χ0) is 15.2. The molecule has 0 aliphatic heterocycles.